The van der Waals surface area contributed by atoms with E-state index in [1.54, 1.807) is 0 Å². The van der Waals surface area contributed by atoms with E-state index in [2.05, 4.69) is 20.4 Å². The second kappa shape index (κ2) is 4.80. The van der Waals surface area contributed by atoms with E-state index < -0.39 is 0 Å². The Balaban J connectivity index is 2.27. The van der Waals surface area contributed by atoms with Crippen LogP contribution in [0.3, 0.4) is 0 Å². The highest BCUT2D eigenvalue weighted by Gasteiger charge is 2.45. The minimum absolute atomic E-state index is 0.116. The van der Waals surface area contributed by atoms with E-state index >= 15 is 0 Å². The smallest absolute Gasteiger partial charge is 0.112 e. The second-order valence-electron chi connectivity index (χ2n) is 4.09. The fourth-order valence-corrected chi connectivity index (χ4v) is 1.69. The van der Waals surface area contributed by atoms with Crippen LogP contribution in [0.15, 0.2) is 12.2 Å². The molecule has 0 aromatic carbocycles. The number of epoxide rings is 1. The van der Waals surface area contributed by atoms with E-state index in [0.29, 0.717) is 0 Å². The average molecular weight is 182 g/mol. The van der Waals surface area contributed by atoms with Crippen molar-refractivity contribution >= 4 is 0 Å². The molecule has 0 aromatic rings. The first-order chi connectivity index (χ1) is 6.25. The first kappa shape index (κ1) is 10.8. The monoisotopic (exact) mass is 182 g/mol. The van der Waals surface area contributed by atoms with Crippen molar-refractivity contribution in [1.82, 2.24) is 0 Å². The molecular weight excluding hydrogens is 160 g/mol. The molecule has 0 N–H and O–H groups in total. The Bertz CT molecular complexity index is 168. The van der Waals surface area contributed by atoms with Crippen LogP contribution in [-0.4, -0.2) is 12.2 Å². The zero-order valence-corrected chi connectivity index (χ0v) is 9.07. The third-order valence-corrected chi connectivity index (χ3v) is 2.90. The number of hydrogen-bond acceptors (Lipinski definition) is 1. The lowest BCUT2D eigenvalue weighted by Crippen LogP contribution is -2.13. The first-order valence-electron chi connectivity index (χ1n) is 5.57. The van der Waals surface area contributed by atoms with Crippen LogP contribution in [0.4, 0.5) is 0 Å². The summed E-state index contributed by atoms with van der Waals surface area (Å²) in [4.78, 5) is 0. The largest absolute Gasteiger partial charge is 0.365 e. The molecule has 0 spiro atoms. The molecule has 1 heterocycles. The Hall–Kier alpha value is -0.300. The molecule has 1 aliphatic rings. The molecule has 1 unspecified atom stereocenters. The van der Waals surface area contributed by atoms with Crippen molar-refractivity contribution < 1.29 is 4.74 Å². The minimum atomic E-state index is 0.116. The lowest BCUT2D eigenvalue weighted by molar-refractivity contribution is 0.312. The summed E-state index contributed by atoms with van der Waals surface area (Å²) in [5.41, 5.74) is 1.45. The highest BCUT2D eigenvalue weighted by molar-refractivity contribution is 5.20. The molecule has 1 atom stereocenters. The van der Waals surface area contributed by atoms with Gasteiger partial charge in [-0.3, -0.25) is 0 Å². The minimum Gasteiger partial charge on any atom is -0.365 e. The molecule has 1 saturated heterocycles. The van der Waals surface area contributed by atoms with Gasteiger partial charge >= 0.3 is 0 Å². The normalized spacial score (nSPS) is 26.0. The molecule has 0 aliphatic carbocycles. The van der Waals surface area contributed by atoms with Gasteiger partial charge in [0.1, 0.15) is 5.60 Å². The Morgan fingerprint density at radius 2 is 1.92 bits per heavy atom. The molecule has 1 rings (SSSR count). The fourth-order valence-electron chi connectivity index (χ4n) is 1.69. The van der Waals surface area contributed by atoms with Crippen molar-refractivity contribution in [2.45, 2.75) is 58.0 Å². The van der Waals surface area contributed by atoms with Gasteiger partial charge in [-0.25, -0.2) is 0 Å². The van der Waals surface area contributed by atoms with Gasteiger partial charge in [0, 0.05) is 0 Å². The van der Waals surface area contributed by atoms with Crippen molar-refractivity contribution in [1.29, 1.82) is 0 Å². The van der Waals surface area contributed by atoms with E-state index in [4.69, 9.17) is 4.74 Å². The van der Waals surface area contributed by atoms with E-state index in [0.717, 1.165) is 13.0 Å². The van der Waals surface area contributed by atoms with Gasteiger partial charge in [-0.2, -0.15) is 0 Å². The summed E-state index contributed by atoms with van der Waals surface area (Å²) in [5, 5.41) is 0. The number of unbranched alkanes of at least 4 members (excludes halogenated alkanes) is 2. The lowest BCUT2D eigenvalue weighted by atomic mass is 9.92. The van der Waals surface area contributed by atoms with Crippen LogP contribution in [0.1, 0.15) is 52.4 Å². The van der Waals surface area contributed by atoms with E-state index in [9.17, 15) is 0 Å². The van der Waals surface area contributed by atoms with Gasteiger partial charge in [0.2, 0.25) is 0 Å². The molecule has 0 bridgehead atoms. The van der Waals surface area contributed by atoms with Crippen molar-refractivity contribution in [3.63, 3.8) is 0 Å². The van der Waals surface area contributed by atoms with Gasteiger partial charge in [0.05, 0.1) is 6.61 Å². The number of rotatable bonds is 7. The third kappa shape index (κ3) is 2.84. The predicted octanol–water partition coefficient (Wildman–Crippen LogP) is 3.69. The topological polar surface area (TPSA) is 12.5 Å². The molecule has 0 aromatic heterocycles. The van der Waals surface area contributed by atoms with Gasteiger partial charge in [0.25, 0.3) is 0 Å². The Kier molecular flexibility index (Phi) is 3.98. The maximum atomic E-state index is 5.56. The van der Waals surface area contributed by atoms with Gasteiger partial charge in [0.15, 0.2) is 0 Å². The van der Waals surface area contributed by atoms with Crippen LogP contribution in [0.2, 0.25) is 0 Å². The zero-order valence-electron chi connectivity index (χ0n) is 9.07. The quantitative estimate of drug-likeness (QED) is 0.432. The summed E-state index contributed by atoms with van der Waals surface area (Å²) in [6.45, 7) is 9.53. The fraction of sp³-hybridized carbons (Fsp3) is 0.833. The molecular formula is C12H22O. The van der Waals surface area contributed by atoms with Crippen molar-refractivity contribution in [3.05, 3.63) is 12.2 Å². The molecule has 1 nitrogen and oxygen atoms in total. The predicted molar refractivity (Wildman–Crippen MR) is 56.9 cm³/mol. The highest BCUT2D eigenvalue weighted by Crippen LogP contribution is 2.41. The van der Waals surface area contributed by atoms with E-state index in [1.807, 2.05) is 0 Å². The third-order valence-electron chi connectivity index (χ3n) is 2.90. The van der Waals surface area contributed by atoms with Crippen LogP contribution in [0.5, 0.6) is 0 Å². The lowest BCUT2D eigenvalue weighted by Gasteiger charge is -2.14. The number of ether oxygens (including phenoxy) is 1. The second-order valence-corrected chi connectivity index (χ2v) is 4.09. The summed E-state index contributed by atoms with van der Waals surface area (Å²) < 4.78 is 5.56. The van der Waals surface area contributed by atoms with E-state index in [1.165, 1.54) is 37.7 Å². The molecule has 0 amide bonds. The Morgan fingerprint density at radius 3 is 2.38 bits per heavy atom. The Labute approximate surface area is 82.2 Å². The number of hydrogen-bond donors (Lipinski definition) is 0. The van der Waals surface area contributed by atoms with Crippen LogP contribution < -0.4 is 0 Å². The van der Waals surface area contributed by atoms with Crippen molar-refractivity contribution in [2.75, 3.05) is 6.61 Å². The standard InChI is InChI=1S/C12H22O/c1-4-6-8-11(3)12(10-13-12)9-7-5-2/h3-10H2,1-2H3. The van der Waals surface area contributed by atoms with Crippen molar-refractivity contribution in [2.24, 2.45) is 0 Å². The van der Waals surface area contributed by atoms with Gasteiger partial charge in [-0.05, 0) is 24.8 Å². The van der Waals surface area contributed by atoms with Crippen LogP contribution in [0, 0.1) is 0 Å². The molecule has 1 fully saturated rings. The zero-order chi connectivity index (χ0) is 9.73. The van der Waals surface area contributed by atoms with Crippen LogP contribution in [0.25, 0.3) is 0 Å². The molecule has 0 saturated carbocycles. The molecule has 0 radical (unpaired) electrons. The molecule has 1 heteroatoms. The molecule has 1 aliphatic heterocycles. The van der Waals surface area contributed by atoms with Gasteiger partial charge in [-0.15, -0.1) is 0 Å². The first-order valence-corrected chi connectivity index (χ1v) is 5.57. The Morgan fingerprint density at radius 1 is 1.31 bits per heavy atom. The summed E-state index contributed by atoms with van der Waals surface area (Å²) >= 11 is 0. The summed E-state index contributed by atoms with van der Waals surface area (Å²) in [6, 6.07) is 0. The van der Waals surface area contributed by atoms with E-state index in [-0.39, 0.29) is 5.60 Å². The SMILES string of the molecule is C=C(CCCC)C1(CCCC)CO1. The maximum absolute atomic E-state index is 5.56. The summed E-state index contributed by atoms with van der Waals surface area (Å²) in [5.74, 6) is 0. The average Bonchev–Trinajstić information content (AvgIpc) is 2.92. The molecule has 13 heavy (non-hydrogen) atoms. The van der Waals surface area contributed by atoms with Crippen LogP contribution >= 0.6 is 0 Å². The summed E-state index contributed by atoms with van der Waals surface area (Å²) in [7, 11) is 0. The maximum Gasteiger partial charge on any atom is 0.112 e. The summed E-state index contributed by atoms with van der Waals surface area (Å²) in [6.07, 6.45) is 7.38. The van der Waals surface area contributed by atoms with Gasteiger partial charge < -0.3 is 4.74 Å². The molecule has 76 valence electrons. The van der Waals surface area contributed by atoms with Crippen molar-refractivity contribution in [3.8, 4) is 0 Å². The van der Waals surface area contributed by atoms with Crippen LogP contribution in [-0.2, 0) is 4.74 Å². The highest BCUT2D eigenvalue weighted by atomic mass is 16.6. The van der Waals surface area contributed by atoms with Gasteiger partial charge in [-0.1, -0.05) is 39.7 Å².